The Morgan fingerprint density at radius 1 is 1.00 bits per heavy atom. The Balaban J connectivity index is 1.91. The molecule has 1 atom stereocenters. The summed E-state index contributed by atoms with van der Waals surface area (Å²) in [6.07, 6.45) is 3.20. The first-order valence-electron chi connectivity index (χ1n) is 8.67. The van der Waals surface area contributed by atoms with Crippen LogP contribution in [-0.2, 0) is 9.59 Å². The second-order valence-electron chi connectivity index (χ2n) is 6.60. The van der Waals surface area contributed by atoms with Gasteiger partial charge in [0.15, 0.2) is 0 Å². The Bertz CT molecular complexity index is 886. The van der Waals surface area contributed by atoms with E-state index in [9.17, 15) is 9.59 Å². The lowest BCUT2D eigenvalue weighted by Crippen LogP contribution is -2.40. The van der Waals surface area contributed by atoms with Crippen LogP contribution in [0.3, 0.4) is 0 Å². The molecule has 4 heteroatoms. The molecule has 1 unspecified atom stereocenters. The van der Waals surface area contributed by atoms with Crippen LogP contribution in [0, 0.1) is 12.8 Å². The Morgan fingerprint density at radius 3 is 2.48 bits per heavy atom. The highest BCUT2D eigenvalue weighted by molar-refractivity contribution is 6.17. The molecule has 2 heterocycles. The molecular weight excluding hydrogens is 312 g/mol. The minimum Gasteiger partial charge on any atom is -0.272 e. The van der Waals surface area contributed by atoms with Crippen LogP contribution in [0.15, 0.2) is 54.7 Å². The SMILES string of the molecule is CCCC1C(=O)N2C=C(c3ccccc3)c3cc(C)ccc3N2C1=O. The highest BCUT2D eigenvalue weighted by Gasteiger charge is 2.47. The second kappa shape index (κ2) is 5.88. The van der Waals surface area contributed by atoms with E-state index in [4.69, 9.17) is 0 Å². The summed E-state index contributed by atoms with van der Waals surface area (Å²) in [5, 5.41) is 3.05. The number of carbonyl (C=O) groups excluding carboxylic acids is 2. The van der Waals surface area contributed by atoms with E-state index in [1.54, 1.807) is 5.01 Å². The summed E-state index contributed by atoms with van der Waals surface area (Å²) in [6.45, 7) is 4.03. The van der Waals surface area contributed by atoms with Crippen molar-refractivity contribution in [1.82, 2.24) is 5.01 Å². The van der Waals surface area contributed by atoms with Gasteiger partial charge in [0.2, 0.25) is 0 Å². The molecule has 0 N–H and O–H groups in total. The van der Waals surface area contributed by atoms with Crippen LogP contribution in [-0.4, -0.2) is 16.8 Å². The molecule has 0 aliphatic carbocycles. The normalized spacial score (nSPS) is 19.0. The van der Waals surface area contributed by atoms with Gasteiger partial charge in [0.1, 0.15) is 5.92 Å². The fourth-order valence-electron chi connectivity index (χ4n) is 3.60. The van der Waals surface area contributed by atoms with Gasteiger partial charge in [0.25, 0.3) is 11.8 Å². The van der Waals surface area contributed by atoms with Gasteiger partial charge in [-0.2, -0.15) is 0 Å². The van der Waals surface area contributed by atoms with Crippen molar-refractivity contribution in [2.45, 2.75) is 26.7 Å². The molecule has 2 aliphatic heterocycles. The third-order valence-electron chi connectivity index (χ3n) is 4.83. The summed E-state index contributed by atoms with van der Waals surface area (Å²) in [4.78, 5) is 25.7. The van der Waals surface area contributed by atoms with Crippen LogP contribution in [0.5, 0.6) is 0 Å². The van der Waals surface area contributed by atoms with E-state index in [1.807, 2.05) is 62.5 Å². The van der Waals surface area contributed by atoms with E-state index in [-0.39, 0.29) is 11.8 Å². The fraction of sp³-hybridized carbons (Fsp3) is 0.238. The van der Waals surface area contributed by atoms with Gasteiger partial charge >= 0.3 is 0 Å². The Kier molecular flexibility index (Phi) is 3.68. The molecule has 1 fully saturated rings. The summed E-state index contributed by atoms with van der Waals surface area (Å²) < 4.78 is 0. The van der Waals surface area contributed by atoms with Crippen molar-refractivity contribution in [1.29, 1.82) is 0 Å². The summed E-state index contributed by atoms with van der Waals surface area (Å²) in [6, 6.07) is 16.0. The molecule has 2 aromatic carbocycles. The number of carbonyl (C=O) groups is 2. The number of rotatable bonds is 3. The van der Waals surface area contributed by atoms with Gasteiger partial charge < -0.3 is 0 Å². The maximum absolute atomic E-state index is 12.9. The van der Waals surface area contributed by atoms with Gasteiger partial charge in [-0.3, -0.25) is 9.59 Å². The van der Waals surface area contributed by atoms with E-state index >= 15 is 0 Å². The summed E-state index contributed by atoms with van der Waals surface area (Å²) >= 11 is 0. The Labute approximate surface area is 147 Å². The lowest BCUT2D eigenvalue weighted by Gasteiger charge is -2.32. The van der Waals surface area contributed by atoms with Crippen molar-refractivity contribution < 1.29 is 9.59 Å². The van der Waals surface area contributed by atoms with Crippen molar-refractivity contribution in [3.8, 4) is 0 Å². The zero-order valence-electron chi connectivity index (χ0n) is 14.4. The van der Waals surface area contributed by atoms with Crippen LogP contribution in [0.2, 0.25) is 0 Å². The fourth-order valence-corrected chi connectivity index (χ4v) is 3.60. The maximum Gasteiger partial charge on any atom is 0.258 e. The van der Waals surface area contributed by atoms with Crippen molar-refractivity contribution in [3.05, 3.63) is 71.4 Å². The standard InChI is InChI=1S/C21H20N2O2/c1-3-7-16-20(24)22-13-18(15-8-5-4-6-9-15)17-12-14(2)10-11-19(17)23(22)21(16)25/h4-6,8-13,16H,3,7H2,1-2H3. The molecule has 25 heavy (non-hydrogen) atoms. The number of nitrogens with zero attached hydrogens (tertiary/aromatic N) is 2. The van der Waals surface area contributed by atoms with Crippen molar-refractivity contribution >= 4 is 23.1 Å². The predicted molar refractivity (Wildman–Crippen MR) is 97.4 cm³/mol. The molecule has 1 saturated heterocycles. The largest absolute Gasteiger partial charge is 0.272 e. The predicted octanol–water partition coefficient (Wildman–Crippen LogP) is 3.90. The minimum atomic E-state index is -0.578. The topological polar surface area (TPSA) is 40.6 Å². The molecule has 0 saturated carbocycles. The van der Waals surface area contributed by atoms with Crippen LogP contribution < -0.4 is 5.01 Å². The third kappa shape index (κ3) is 2.37. The number of hydrazine groups is 1. The van der Waals surface area contributed by atoms with Crippen LogP contribution >= 0.6 is 0 Å². The van der Waals surface area contributed by atoms with E-state index < -0.39 is 5.92 Å². The van der Waals surface area contributed by atoms with Gasteiger partial charge in [-0.1, -0.05) is 55.3 Å². The zero-order valence-corrected chi connectivity index (χ0v) is 14.4. The molecule has 0 aromatic heterocycles. The molecule has 2 amide bonds. The first-order chi connectivity index (χ1) is 12.1. The highest BCUT2D eigenvalue weighted by atomic mass is 16.2. The quantitative estimate of drug-likeness (QED) is 0.800. The van der Waals surface area contributed by atoms with Gasteiger partial charge in [-0.25, -0.2) is 10.0 Å². The zero-order chi connectivity index (χ0) is 17.6. The number of benzene rings is 2. The lowest BCUT2D eigenvalue weighted by atomic mass is 9.94. The van der Waals surface area contributed by atoms with Gasteiger partial charge in [-0.05, 0) is 31.0 Å². The van der Waals surface area contributed by atoms with Crippen molar-refractivity contribution in [2.75, 3.05) is 5.01 Å². The van der Waals surface area contributed by atoms with Crippen molar-refractivity contribution in [3.63, 3.8) is 0 Å². The first kappa shape index (κ1) is 15.6. The Hall–Kier alpha value is -2.88. The molecule has 2 aliphatic rings. The van der Waals surface area contributed by atoms with Gasteiger partial charge in [-0.15, -0.1) is 0 Å². The number of hydrogen-bond donors (Lipinski definition) is 0. The van der Waals surface area contributed by atoms with E-state index in [0.717, 1.165) is 34.4 Å². The minimum absolute atomic E-state index is 0.125. The maximum atomic E-state index is 12.9. The third-order valence-corrected chi connectivity index (χ3v) is 4.83. The van der Waals surface area contributed by atoms with E-state index in [0.29, 0.717) is 6.42 Å². The lowest BCUT2D eigenvalue weighted by molar-refractivity contribution is -0.130. The summed E-state index contributed by atoms with van der Waals surface area (Å²) in [5.41, 5.74) is 4.89. The number of hydrogen-bond acceptors (Lipinski definition) is 2. The smallest absolute Gasteiger partial charge is 0.258 e. The molecular formula is C21H20N2O2. The average molecular weight is 332 g/mol. The summed E-state index contributed by atoms with van der Waals surface area (Å²) in [7, 11) is 0. The molecule has 0 spiro atoms. The first-order valence-corrected chi connectivity index (χ1v) is 8.67. The number of amides is 2. The Morgan fingerprint density at radius 2 is 1.76 bits per heavy atom. The molecule has 0 radical (unpaired) electrons. The van der Waals surface area contributed by atoms with E-state index in [1.165, 1.54) is 5.01 Å². The van der Waals surface area contributed by atoms with Gasteiger partial charge in [0.05, 0.1) is 5.69 Å². The van der Waals surface area contributed by atoms with Crippen LogP contribution in [0.25, 0.3) is 5.57 Å². The van der Waals surface area contributed by atoms with Crippen LogP contribution in [0.4, 0.5) is 5.69 Å². The number of aryl methyl sites for hydroxylation is 1. The molecule has 0 bridgehead atoms. The monoisotopic (exact) mass is 332 g/mol. The molecule has 126 valence electrons. The van der Waals surface area contributed by atoms with Gasteiger partial charge in [0, 0.05) is 17.3 Å². The van der Waals surface area contributed by atoms with Crippen molar-refractivity contribution in [2.24, 2.45) is 5.92 Å². The average Bonchev–Trinajstić information content (AvgIpc) is 2.87. The highest BCUT2D eigenvalue weighted by Crippen LogP contribution is 2.42. The summed E-state index contributed by atoms with van der Waals surface area (Å²) in [5.74, 6) is -0.836. The number of fused-ring (bicyclic) bond motifs is 3. The van der Waals surface area contributed by atoms with E-state index in [2.05, 4.69) is 6.07 Å². The number of anilines is 1. The molecule has 2 aromatic rings. The molecule has 4 nitrogen and oxygen atoms in total. The molecule has 4 rings (SSSR count). The second-order valence-corrected chi connectivity index (χ2v) is 6.60. The van der Waals surface area contributed by atoms with Crippen LogP contribution in [0.1, 0.15) is 36.5 Å².